The van der Waals surface area contributed by atoms with Gasteiger partial charge < -0.3 is 5.11 Å². The highest BCUT2D eigenvalue weighted by Gasteiger charge is 2.40. The molecule has 4 rings (SSSR count). The highest BCUT2D eigenvalue weighted by Crippen LogP contribution is 2.32. The summed E-state index contributed by atoms with van der Waals surface area (Å²) in [4.78, 5) is 26.5. The standard InChI is InChI=1S/C18H15NO3/c20-14-8-6-11-9-13(7-5-12(11)10-14)19-17(21)15-3-1-2-4-16(15)18(19)22/h1-4,6,8,10,13,20H,5,7,9H2. The number of carbonyl (C=O) groups excluding carboxylic acids is 2. The van der Waals surface area contributed by atoms with E-state index in [0.29, 0.717) is 17.5 Å². The van der Waals surface area contributed by atoms with E-state index in [1.165, 1.54) is 4.90 Å². The number of hydrogen-bond acceptors (Lipinski definition) is 3. The molecule has 2 aliphatic rings. The fraction of sp³-hybridized carbons (Fsp3) is 0.222. The van der Waals surface area contributed by atoms with E-state index in [-0.39, 0.29) is 23.6 Å². The molecular formula is C18H15NO3. The molecule has 2 aromatic rings. The number of amides is 2. The van der Waals surface area contributed by atoms with Crippen molar-refractivity contribution in [2.45, 2.75) is 25.3 Å². The largest absolute Gasteiger partial charge is 0.508 e. The Bertz CT molecular complexity index is 762. The average molecular weight is 293 g/mol. The number of rotatable bonds is 1. The van der Waals surface area contributed by atoms with E-state index < -0.39 is 0 Å². The van der Waals surface area contributed by atoms with E-state index in [1.54, 1.807) is 36.4 Å². The van der Waals surface area contributed by atoms with Gasteiger partial charge in [-0.15, -0.1) is 0 Å². The van der Waals surface area contributed by atoms with Crippen LogP contribution in [0.3, 0.4) is 0 Å². The number of imide groups is 1. The molecule has 4 heteroatoms. The zero-order valence-electron chi connectivity index (χ0n) is 12.0. The highest BCUT2D eigenvalue weighted by atomic mass is 16.3. The van der Waals surface area contributed by atoms with Gasteiger partial charge in [0.1, 0.15) is 5.75 Å². The van der Waals surface area contributed by atoms with E-state index in [9.17, 15) is 14.7 Å². The van der Waals surface area contributed by atoms with Crippen LogP contribution in [0.15, 0.2) is 42.5 Å². The number of phenols is 1. The Kier molecular flexibility index (Phi) is 2.79. The lowest BCUT2D eigenvalue weighted by Crippen LogP contribution is -2.43. The second-order valence-electron chi connectivity index (χ2n) is 5.88. The fourth-order valence-corrected chi connectivity index (χ4v) is 3.48. The monoisotopic (exact) mass is 293 g/mol. The topological polar surface area (TPSA) is 57.6 Å². The minimum atomic E-state index is -0.187. The van der Waals surface area contributed by atoms with Crippen molar-refractivity contribution in [3.8, 4) is 5.75 Å². The molecule has 0 bridgehead atoms. The summed E-state index contributed by atoms with van der Waals surface area (Å²) < 4.78 is 0. The van der Waals surface area contributed by atoms with Crippen LogP contribution in [0.4, 0.5) is 0 Å². The van der Waals surface area contributed by atoms with Crippen molar-refractivity contribution in [3.63, 3.8) is 0 Å². The van der Waals surface area contributed by atoms with Crippen LogP contribution in [-0.2, 0) is 12.8 Å². The molecule has 0 spiro atoms. The van der Waals surface area contributed by atoms with Crippen LogP contribution in [0.2, 0.25) is 0 Å². The minimum Gasteiger partial charge on any atom is -0.508 e. The van der Waals surface area contributed by atoms with Gasteiger partial charge in [0.05, 0.1) is 11.1 Å². The number of hydrogen-bond donors (Lipinski definition) is 1. The quantitative estimate of drug-likeness (QED) is 0.822. The van der Waals surface area contributed by atoms with Crippen LogP contribution in [0.5, 0.6) is 5.75 Å². The molecular weight excluding hydrogens is 278 g/mol. The van der Waals surface area contributed by atoms with Crippen molar-refractivity contribution in [1.29, 1.82) is 0 Å². The lowest BCUT2D eigenvalue weighted by molar-refractivity contribution is 0.0571. The van der Waals surface area contributed by atoms with Gasteiger partial charge in [0.2, 0.25) is 0 Å². The molecule has 1 unspecified atom stereocenters. The first-order valence-corrected chi connectivity index (χ1v) is 7.43. The molecule has 2 amide bonds. The second kappa shape index (κ2) is 4.70. The van der Waals surface area contributed by atoms with Crippen LogP contribution in [-0.4, -0.2) is 27.9 Å². The van der Waals surface area contributed by atoms with Crippen LogP contribution >= 0.6 is 0 Å². The van der Waals surface area contributed by atoms with Gasteiger partial charge >= 0.3 is 0 Å². The fourth-order valence-electron chi connectivity index (χ4n) is 3.48. The molecule has 2 aromatic carbocycles. The van der Waals surface area contributed by atoms with Crippen LogP contribution in [0.1, 0.15) is 38.3 Å². The maximum absolute atomic E-state index is 12.5. The zero-order chi connectivity index (χ0) is 15.3. The SMILES string of the molecule is O=C1c2ccccc2C(=O)N1C1CCc2cc(O)ccc2C1. The number of aryl methyl sites for hydroxylation is 1. The van der Waals surface area contributed by atoms with Crippen molar-refractivity contribution in [1.82, 2.24) is 4.90 Å². The Hall–Kier alpha value is -2.62. The third-order valence-corrected chi connectivity index (χ3v) is 4.58. The number of benzene rings is 2. The van der Waals surface area contributed by atoms with Crippen molar-refractivity contribution >= 4 is 11.8 Å². The van der Waals surface area contributed by atoms with Gasteiger partial charge in [0.15, 0.2) is 0 Å². The Morgan fingerprint density at radius 3 is 2.32 bits per heavy atom. The number of nitrogens with zero attached hydrogens (tertiary/aromatic N) is 1. The Balaban J connectivity index is 1.66. The van der Waals surface area contributed by atoms with Crippen molar-refractivity contribution in [2.24, 2.45) is 0 Å². The third-order valence-electron chi connectivity index (χ3n) is 4.58. The average Bonchev–Trinajstić information content (AvgIpc) is 2.79. The predicted octanol–water partition coefficient (Wildman–Crippen LogP) is 2.55. The summed E-state index contributed by atoms with van der Waals surface area (Å²) in [7, 11) is 0. The van der Waals surface area contributed by atoms with Gasteiger partial charge in [-0.1, -0.05) is 18.2 Å². The molecule has 110 valence electrons. The molecule has 1 atom stereocenters. The Morgan fingerprint density at radius 2 is 1.64 bits per heavy atom. The highest BCUT2D eigenvalue weighted by molar-refractivity contribution is 6.21. The lowest BCUT2D eigenvalue weighted by atomic mass is 9.87. The van der Waals surface area contributed by atoms with Crippen LogP contribution < -0.4 is 0 Å². The number of carbonyl (C=O) groups is 2. The zero-order valence-corrected chi connectivity index (χ0v) is 12.0. The van der Waals surface area contributed by atoms with Crippen molar-refractivity contribution in [2.75, 3.05) is 0 Å². The summed E-state index contributed by atoms with van der Waals surface area (Å²) in [6, 6.07) is 12.2. The molecule has 1 N–H and O–H groups in total. The minimum absolute atomic E-state index is 0.107. The summed E-state index contributed by atoms with van der Waals surface area (Å²) in [5.41, 5.74) is 3.21. The smallest absolute Gasteiger partial charge is 0.261 e. The molecule has 4 nitrogen and oxygen atoms in total. The van der Waals surface area contributed by atoms with Gasteiger partial charge in [-0.25, -0.2) is 0 Å². The van der Waals surface area contributed by atoms with Crippen LogP contribution in [0, 0.1) is 0 Å². The molecule has 0 aromatic heterocycles. The van der Waals surface area contributed by atoms with E-state index in [4.69, 9.17) is 0 Å². The summed E-state index contributed by atoms with van der Waals surface area (Å²) in [5, 5.41) is 9.55. The number of fused-ring (bicyclic) bond motifs is 2. The number of aromatic hydroxyl groups is 1. The molecule has 22 heavy (non-hydrogen) atoms. The first-order chi connectivity index (χ1) is 10.6. The molecule has 1 aliphatic carbocycles. The van der Waals surface area contributed by atoms with Crippen molar-refractivity contribution in [3.05, 3.63) is 64.7 Å². The summed E-state index contributed by atoms with van der Waals surface area (Å²) in [6.07, 6.45) is 2.16. The van der Waals surface area contributed by atoms with E-state index in [2.05, 4.69) is 0 Å². The Labute approximate surface area is 128 Å². The Morgan fingerprint density at radius 1 is 0.955 bits per heavy atom. The molecule has 0 fully saturated rings. The normalized spacial score (nSPS) is 20.0. The van der Waals surface area contributed by atoms with Gasteiger partial charge in [0, 0.05) is 6.04 Å². The maximum Gasteiger partial charge on any atom is 0.261 e. The summed E-state index contributed by atoms with van der Waals surface area (Å²) >= 11 is 0. The van der Waals surface area contributed by atoms with E-state index in [0.717, 1.165) is 24.0 Å². The summed E-state index contributed by atoms with van der Waals surface area (Å²) in [5.74, 6) is -0.112. The molecule has 1 aliphatic heterocycles. The first kappa shape index (κ1) is 13.1. The van der Waals surface area contributed by atoms with Crippen molar-refractivity contribution < 1.29 is 14.7 Å². The number of phenolic OH excluding ortho intramolecular Hbond substituents is 1. The van der Waals surface area contributed by atoms with Crippen LogP contribution in [0.25, 0.3) is 0 Å². The maximum atomic E-state index is 12.5. The summed E-state index contributed by atoms with van der Waals surface area (Å²) in [6.45, 7) is 0. The molecule has 0 saturated carbocycles. The van der Waals surface area contributed by atoms with E-state index in [1.807, 2.05) is 6.07 Å². The van der Waals surface area contributed by atoms with Gasteiger partial charge in [-0.3, -0.25) is 14.5 Å². The first-order valence-electron chi connectivity index (χ1n) is 7.43. The van der Waals surface area contributed by atoms with Gasteiger partial charge in [-0.2, -0.15) is 0 Å². The van der Waals surface area contributed by atoms with E-state index >= 15 is 0 Å². The molecule has 0 radical (unpaired) electrons. The third kappa shape index (κ3) is 1.84. The van der Waals surface area contributed by atoms with Gasteiger partial charge in [0.25, 0.3) is 11.8 Å². The lowest BCUT2D eigenvalue weighted by Gasteiger charge is -2.31. The second-order valence-corrected chi connectivity index (χ2v) is 5.88. The van der Waals surface area contributed by atoms with Gasteiger partial charge in [-0.05, 0) is 54.7 Å². The predicted molar refractivity (Wildman–Crippen MR) is 80.9 cm³/mol. The molecule has 1 heterocycles. The molecule has 0 saturated heterocycles.